The number of aromatic amines is 1. The molecule has 2 aliphatic rings. The van der Waals surface area contributed by atoms with E-state index in [9.17, 15) is 18.4 Å². The van der Waals surface area contributed by atoms with E-state index in [-0.39, 0.29) is 12.0 Å². The molecule has 10 nitrogen and oxygen atoms in total. The number of fused-ring (bicyclic) bond motifs is 1. The van der Waals surface area contributed by atoms with Crippen LogP contribution in [0.3, 0.4) is 0 Å². The molecule has 2 fully saturated rings. The van der Waals surface area contributed by atoms with Crippen molar-refractivity contribution in [2.45, 2.75) is 69.4 Å². The second-order valence-corrected chi connectivity index (χ2v) is 11.4. The first-order valence-electron chi connectivity index (χ1n) is 14.3. The van der Waals surface area contributed by atoms with E-state index in [4.69, 9.17) is 4.74 Å². The van der Waals surface area contributed by atoms with Crippen molar-refractivity contribution in [2.24, 2.45) is 7.05 Å². The van der Waals surface area contributed by atoms with Crippen LogP contribution in [0, 0.1) is 11.3 Å². The Kier molecular flexibility index (Phi) is 7.44. The number of aromatic nitrogens is 6. The molecule has 0 bridgehead atoms. The average Bonchev–Trinajstić information content (AvgIpc) is 3.66. The maximum atomic E-state index is 13.4. The predicted octanol–water partition coefficient (Wildman–Crippen LogP) is 4.60. The molecule has 4 aromatic rings. The van der Waals surface area contributed by atoms with E-state index in [1.165, 1.54) is 0 Å². The molecule has 0 amide bonds. The van der Waals surface area contributed by atoms with Crippen LogP contribution in [0.4, 0.5) is 13.2 Å². The van der Waals surface area contributed by atoms with Crippen LogP contribution in [0.2, 0.25) is 0 Å². The van der Waals surface area contributed by atoms with Gasteiger partial charge < -0.3 is 15.0 Å². The lowest BCUT2D eigenvalue weighted by atomic mass is 9.82. The standard InChI is InChI=1S/C29H34F3N9O/c1-3-34-14-19-12-24(29(30,31)32)37-25(13-19)42-22-6-4-21(5-7-22)40-17-28(18-40,9-10-33)41-16-20(15-36-41)26-23-8-11-35-27(23)38-39(26)2/h8,11-13,15-16,21-22,34H,3-7,9,14,17-18H2,1-2H3,(H,35,38). The van der Waals surface area contributed by atoms with Crippen LogP contribution in [0.15, 0.2) is 36.8 Å². The van der Waals surface area contributed by atoms with Crippen molar-refractivity contribution in [3.05, 3.63) is 48.0 Å². The van der Waals surface area contributed by atoms with Crippen LogP contribution < -0.4 is 10.1 Å². The summed E-state index contributed by atoms with van der Waals surface area (Å²) in [4.78, 5) is 9.30. The highest BCUT2D eigenvalue weighted by Gasteiger charge is 2.48. The van der Waals surface area contributed by atoms with Gasteiger partial charge in [-0.15, -0.1) is 0 Å². The minimum Gasteiger partial charge on any atom is -0.474 e. The second-order valence-electron chi connectivity index (χ2n) is 11.4. The van der Waals surface area contributed by atoms with E-state index in [1.54, 1.807) is 6.07 Å². The molecule has 222 valence electrons. The molecular weight excluding hydrogens is 547 g/mol. The lowest BCUT2D eigenvalue weighted by Gasteiger charge is -2.53. The van der Waals surface area contributed by atoms with Crippen molar-refractivity contribution < 1.29 is 17.9 Å². The molecule has 1 saturated carbocycles. The molecule has 13 heteroatoms. The molecule has 1 saturated heterocycles. The summed E-state index contributed by atoms with van der Waals surface area (Å²) >= 11 is 0. The molecule has 0 unspecified atom stereocenters. The highest BCUT2D eigenvalue weighted by Crippen LogP contribution is 2.39. The average molecular weight is 582 g/mol. The van der Waals surface area contributed by atoms with Crippen LogP contribution in [0.5, 0.6) is 5.88 Å². The van der Waals surface area contributed by atoms with Gasteiger partial charge in [-0.05, 0) is 49.9 Å². The Morgan fingerprint density at radius 1 is 1.21 bits per heavy atom. The molecule has 6 rings (SSSR count). The summed E-state index contributed by atoms with van der Waals surface area (Å²) in [5, 5.41) is 23.0. The summed E-state index contributed by atoms with van der Waals surface area (Å²) in [6.07, 6.45) is 4.52. The quantitative estimate of drug-likeness (QED) is 0.297. The maximum Gasteiger partial charge on any atom is 0.433 e. The summed E-state index contributed by atoms with van der Waals surface area (Å²) < 4.78 is 50.1. The van der Waals surface area contributed by atoms with Gasteiger partial charge in [0.2, 0.25) is 5.88 Å². The number of aryl methyl sites for hydroxylation is 1. The van der Waals surface area contributed by atoms with Gasteiger partial charge in [0, 0.05) is 62.1 Å². The zero-order chi connectivity index (χ0) is 29.5. The maximum absolute atomic E-state index is 13.4. The normalized spacial score (nSPS) is 20.9. The Hall–Kier alpha value is -3.89. The molecule has 0 spiro atoms. The number of nitrogens with one attached hydrogen (secondary N) is 2. The third-order valence-corrected chi connectivity index (χ3v) is 8.48. The van der Waals surface area contributed by atoms with Crippen molar-refractivity contribution in [1.82, 2.24) is 39.7 Å². The summed E-state index contributed by atoms with van der Waals surface area (Å²) in [5.41, 5.74) is 1.91. The molecule has 5 heterocycles. The lowest BCUT2D eigenvalue weighted by molar-refractivity contribution is -0.141. The number of rotatable bonds is 9. The zero-order valence-electron chi connectivity index (χ0n) is 23.7. The molecular formula is C29H34F3N9O. The second kappa shape index (κ2) is 11.1. The number of nitrogens with zero attached hydrogens (tertiary/aromatic N) is 7. The Bertz CT molecular complexity index is 1580. The number of halogens is 3. The van der Waals surface area contributed by atoms with Crippen molar-refractivity contribution in [3.8, 4) is 23.2 Å². The van der Waals surface area contributed by atoms with Crippen molar-refractivity contribution in [3.63, 3.8) is 0 Å². The number of pyridine rings is 1. The summed E-state index contributed by atoms with van der Waals surface area (Å²) in [6.45, 7) is 4.30. The Morgan fingerprint density at radius 2 is 2.00 bits per heavy atom. The minimum atomic E-state index is -4.53. The van der Waals surface area contributed by atoms with Crippen LogP contribution >= 0.6 is 0 Å². The first-order chi connectivity index (χ1) is 20.2. The molecule has 0 atom stereocenters. The smallest absolute Gasteiger partial charge is 0.433 e. The molecule has 4 aromatic heterocycles. The van der Waals surface area contributed by atoms with Gasteiger partial charge in [0.1, 0.15) is 17.3 Å². The number of nitriles is 1. The number of likely N-dealkylation sites (tertiary alicyclic amines) is 1. The van der Waals surface area contributed by atoms with Gasteiger partial charge in [-0.3, -0.25) is 14.3 Å². The molecule has 0 aromatic carbocycles. The van der Waals surface area contributed by atoms with E-state index in [0.717, 1.165) is 54.0 Å². The molecule has 2 N–H and O–H groups in total. The summed E-state index contributed by atoms with van der Waals surface area (Å²) in [6, 6.07) is 7.35. The fourth-order valence-corrected chi connectivity index (χ4v) is 6.34. The fourth-order valence-electron chi connectivity index (χ4n) is 6.34. The summed E-state index contributed by atoms with van der Waals surface area (Å²) in [5.74, 6) is 0.0259. The monoisotopic (exact) mass is 581 g/mol. The number of alkyl halides is 3. The number of H-pyrrole nitrogens is 1. The van der Waals surface area contributed by atoms with Crippen LogP contribution in [0.25, 0.3) is 22.3 Å². The van der Waals surface area contributed by atoms with E-state index in [1.807, 2.05) is 48.0 Å². The van der Waals surface area contributed by atoms with Gasteiger partial charge in [-0.2, -0.15) is 28.6 Å². The largest absolute Gasteiger partial charge is 0.474 e. The Morgan fingerprint density at radius 3 is 2.71 bits per heavy atom. The molecule has 0 radical (unpaired) electrons. The highest BCUT2D eigenvalue weighted by molar-refractivity contribution is 5.91. The van der Waals surface area contributed by atoms with Crippen LogP contribution in [-0.4, -0.2) is 66.2 Å². The van der Waals surface area contributed by atoms with Crippen molar-refractivity contribution in [2.75, 3.05) is 19.6 Å². The van der Waals surface area contributed by atoms with Crippen LogP contribution in [0.1, 0.15) is 50.3 Å². The van der Waals surface area contributed by atoms with Gasteiger partial charge in [-0.1, -0.05) is 6.92 Å². The third kappa shape index (κ3) is 5.36. The summed E-state index contributed by atoms with van der Waals surface area (Å²) in [7, 11) is 1.91. The Balaban J connectivity index is 1.09. The fraction of sp³-hybridized carbons (Fsp3) is 0.517. The zero-order valence-corrected chi connectivity index (χ0v) is 23.7. The number of ether oxygens (including phenoxy) is 1. The first kappa shape index (κ1) is 28.2. The van der Waals surface area contributed by atoms with Gasteiger partial charge in [-0.25, -0.2) is 4.98 Å². The number of hydrogen-bond acceptors (Lipinski definition) is 7. The Labute approximate surface area is 241 Å². The van der Waals surface area contributed by atoms with E-state index in [2.05, 4.69) is 36.5 Å². The first-order valence-corrected chi connectivity index (χ1v) is 14.3. The van der Waals surface area contributed by atoms with E-state index < -0.39 is 17.4 Å². The van der Waals surface area contributed by atoms with Crippen molar-refractivity contribution >= 4 is 11.0 Å². The minimum absolute atomic E-state index is 0.0259. The topological polar surface area (TPSA) is 113 Å². The molecule has 1 aliphatic carbocycles. The third-order valence-electron chi connectivity index (χ3n) is 8.48. The SMILES string of the molecule is CCNCc1cc(OC2CCC(N3CC(CC#N)(n4cc(-c5c6cc[nH]c6nn5C)cn4)C3)CC2)nc(C(F)(F)F)c1. The predicted molar refractivity (Wildman–Crippen MR) is 149 cm³/mol. The van der Waals surface area contributed by atoms with Gasteiger partial charge in [0.05, 0.1) is 24.4 Å². The number of hydrogen-bond donors (Lipinski definition) is 2. The highest BCUT2D eigenvalue weighted by atomic mass is 19.4. The molecule has 42 heavy (non-hydrogen) atoms. The van der Waals surface area contributed by atoms with Gasteiger partial charge in [0.15, 0.2) is 5.65 Å². The molecule has 1 aliphatic heterocycles. The lowest BCUT2D eigenvalue weighted by Crippen LogP contribution is -2.65. The van der Waals surface area contributed by atoms with Crippen molar-refractivity contribution in [1.29, 1.82) is 5.26 Å². The van der Waals surface area contributed by atoms with E-state index >= 15 is 0 Å². The van der Waals surface area contributed by atoms with Crippen LogP contribution in [-0.2, 0) is 25.3 Å². The van der Waals surface area contributed by atoms with Gasteiger partial charge >= 0.3 is 6.18 Å². The van der Waals surface area contributed by atoms with E-state index in [0.29, 0.717) is 44.2 Å². The van der Waals surface area contributed by atoms with Gasteiger partial charge in [0.25, 0.3) is 0 Å².